The summed E-state index contributed by atoms with van der Waals surface area (Å²) in [5.74, 6) is -5.00. The summed E-state index contributed by atoms with van der Waals surface area (Å²) in [5.41, 5.74) is 10.5. The molecule has 0 unspecified atom stereocenters. The Morgan fingerprint density at radius 3 is 2.12 bits per heavy atom. The average Bonchev–Trinajstić information content (AvgIpc) is 2.70. The molecule has 0 aromatic heterocycles. The molecule has 0 fully saturated rings. The van der Waals surface area contributed by atoms with Gasteiger partial charge in [0.15, 0.2) is 5.96 Å². The largest absolute Gasteiger partial charge is 0.481 e. The zero-order valence-corrected chi connectivity index (χ0v) is 19.4. The van der Waals surface area contributed by atoms with Crippen molar-refractivity contribution in [3.63, 3.8) is 0 Å². The average molecular weight is 473 g/mol. The van der Waals surface area contributed by atoms with Gasteiger partial charge in [-0.15, -0.1) is 0 Å². The van der Waals surface area contributed by atoms with E-state index in [-0.39, 0.29) is 31.4 Å². The predicted molar refractivity (Wildman–Crippen MR) is 120 cm³/mol. The van der Waals surface area contributed by atoms with Gasteiger partial charge in [0.2, 0.25) is 17.7 Å². The summed E-state index contributed by atoms with van der Waals surface area (Å²) in [7, 11) is 0. The van der Waals surface area contributed by atoms with Crippen molar-refractivity contribution in [2.24, 2.45) is 22.4 Å². The Kier molecular flexibility index (Phi) is 13.8. The zero-order valence-electron chi connectivity index (χ0n) is 19.4. The van der Waals surface area contributed by atoms with Gasteiger partial charge < -0.3 is 37.2 Å². The van der Waals surface area contributed by atoms with Gasteiger partial charge in [-0.2, -0.15) is 0 Å². The first kappa shape index (κ1) is 29.6. The highest BCUT2D eigenvalue weighted by molar-refractivity contribution is 5.94. The van der Waals surface area contributed by atoms with Crippen LogP contribution in [0.1, 0.15) is 52.9 Å². The lowest BCUT2D eigenvalue weighted by molar-refractivity contribution is -0.144. The van der Waals surface area contributed by atoms with Gasteiger partial charge in [0.1, 0.15) is 12.1 Å². The summed E-state index contributed by atoms with van der Waals surface area (Å²) in [6, 6.07) is -2.73. The fourth-order valence-electron chi connectivity index (χ4n) is 2.87. The molecule has 8 N–H and O–H groups in total. The lowest BCUT2D eigenvalue weighted by atomic mass is 10.0. The topological polar surface area (TPSA) is 218 Å². The Hall–Kier alpha value is -3.38. The smallest absolute Gasteiger partial charge is 0.326 e. The normalized spacial score (nSPS) is 12.4. The van der Waals surface area contributed by atoms with Gasteiger partial charge in [-0.25, -0.2) is 4.79 Å². The number of unbranched alkanes of at least 4 members (excludes halogenated alkanes) is 2. The summed E-state index contributed by atoms with van der Waals surface area (Å²) >= 11 is 0. The summed E-state index contributed by atoms with van der Waals surface area (Å²) in [6.45, 7) is 5.18. The number of aliphatic carboxylic acids is 2. The lowest BCUT2D eigenvalue weighted by Gasteiger charge is -2.24. The Morgan fingerprint density at radius 1 is 1.00 bits per heavy atom. The van der Waals surface area contributed by atoms with Gasteiger partial charge in [0, 0.05) is 19.5 Å². The molecule has 13 nitrogen and oxygen atoms in total. The SMILES string of the molecule is CCN(CC(=O)N[C@@H](CC(=O)O)C(=O)N[C@H](C(=O)O)C(C)C)C(=O)CCCCCN=C(N)N. The van der Waals surface area contributed by atoms with Crippen molar-refractivity contribution < 1.29 is 34.2 Å². The molecule has 0 aliphatic heterocycles. The van der Waals surface area contributed by atoms with Crippen molar-refractivity contribution in [1.82, 2.24) is 15.5 Å². The molecule has 0 aromatic carbocycles. The number of guanidine groups is 1. The fourth-order valence-corrected chi connectivity index (χ4v) is 2.87. The van der Waals surface area contributed by atoms with Crippen LogP contribution in [0.4, 0.5) is 0 Å². The number of nitrogens with zero attached hydrogens (tertiary/aromatic N) is 2. The number of hydrogen-bond donors (Lipinski definition) is 6. The van der Waals surface area contributed by atoms with Crippen molar-refractivity contribution in [3.05, 3.63) is 0 Å². The number of hydrogen-bond acceptors (Lipinski definition) is 6. The van der Waals surface area contributed by atoms with E-state index in [1.165, 1.54) is 4.90 Å². The van der Waals surface area contributed by atoms with E-state index in [0.29, 0.717) is 25.8 Å². The predicted octanol–water partition coefficient (Wildman–Crippen LogP) is -1.15. The molecule has 0 heterocycles. The van der Waals surface area contributed by atoms with E-state index in [0.717, 1.165) is 0 Å². The molecule has 33 heavy (non-hydrogen) atoms. The second-order valence-electron chi connectivity index (χ2n) is 7.81. The number of amides is 3. The molecule has 0 bridgehead atoms. The Balaban J connectivity index is 4.88. The number of carboxylic acid groups (broad SMARTS) is 2. The van der Waals surface area contributed by atoms with Crippen LogP contribution < -0.4 is 22.1 Å². The van der Waals surface area contributed by atoms with Crippen LogP contribution in [-0.4, -0.2) is 82.5 Å². The highest BCUT2D eigenvalue weighted by Gasteiger charge is 2.30. The number of carbonyl (C=O) groups is 5. The van der Waals surface area contributed by atoms with Crippen LogP contribution in [-0.2, 0) is 24.0 Å². The monoisotopic (exact) mass is 472 g/mol. The number of nitrogens with one attached hydrogen (secondary N) is 2. The zero-order chi connectivity index (χ0) is 25.6. The third-order valence-corrected chi connectivity index (χ3v) is 4.67. The van der Waals surface area contributed by atoms with Crippen molar-refractivity contribution >= 4 is 35.6 Å². The molecule has 0 saturated carbocycles. The lowest BCUT2D eigenvalue weighted by Crippen LogP contribution is -2.55. The maximum atomic E-state index is 12.4. The molecule has 188 valence electrons. The Bertz CT molecular complexity index is 722. The van der Waals surface area contributed by atoms with Gasteiger partial charge in [0.05, 0.1) is 13.0 Å². The van der Waals surface area contributed by atoms with E-state index >= 15 is 0 Å². The van der Waals surface area contributed by atoms with E-state index < -0.39 is 48.2 Å². The van der Waals surface area contributed by atoms with Gasteiger partial charge in [-0.3, -0.25) is 24.2 Å². The van der Waals surface area contributed by atoms with Crippen LogP contribution in [0.15, 0.2) is 4.99 Å². The fraction of sp³-hybridized carbons (Fsp3) is 0.700. The van der Waals surface area contributed by atoms with Crippen LogP contribution >= 0.6 is 0 Å². The summed E-state index contributed by atoms with van der Waals surface area (Å²) < 4.78 is 0. The number of rotatable bonds is 16. The maximum Gasteiger partial charge on any atom is 0.326 e. The van der Waals surface area contributed by atoms with Gasteiger partial charge >= 0.3 is 11.9 Å². The molecular weight excluding hydrogens is 436 g/mol. The Labute approximate surface area is 193 Å². The van der Waals surface area contributed by atoms with Gasteiger partial charge in [0.25, 0.3) is 0 Å². The van der Waals surface area contributed by atoms with Crippen molar-refractivity contribution in [3.8, 4) is 0 Å². The number of carbonyl (C=O) groups excluding carboxylic acids is 3. The standard InChI is InChI=1S/C20H36N6O7/c1-4-26(15(28)8-6-5-7-9-23-20(21)22)11-14(27)24-13(10-16(29)30)18(31)25-17(12(2)3)19(32)33/h12-13,17H,4-11H2,1-3H3,(H,24,27)(H,25,31)(H,29,30)(H,32,33)(H4,21,22,23)/t13-,17-/m0/s1. The summed E-state index contributed by atoms with van der Waals surface area (Å²) in [6.07, 6.45) is 1.46. The van der Waals surface area contributed by atoms with Crippen LogP contribution in [0, 0.1) is 5.92 Å². The van der Waals surface area contributed by atoms with E-state index in [9.17, 15) is 29.1 Å². The highest BCUT2D eigenvalue weighted by atomic mass is 16.4. The third kappa shape index (κ3) is 12.9. The van der Waals surface area contributed by atoms with E-state index in [4.69, 9.17) is 16.6 Å². The molecule has 13 heteroatoms. The summed E-state index contributed by atoms with van der Waals surface area (Å²) in [5, 5.41) is 22.8. The third-order valence-electron chi connectivity index (χ3n) is 4.67. The van der Waals surface area contributed by atoms with Crippen LogP contribution in [0.3, 0.4) is 0 Å². The Morgan fingerprint density at radius 2 is 1.64 bits per heavy atom. The first-order chi connectivity index (χ1) is 15.4. The first-order valence-corrected chi connectivity index (χ1v) is 10.8. The molecule has 3 amide bonds. The van der Waals surface area contributed by atoms with Crippen LogP contribution in [0.25, 0.3) is 0 Å². The van der Waals surface area contributed by atoms with Crippen LogP contribution in [0.5, 0.6) is 0 Å². The van der Waals surface area contributed by atoms with E-state index in [2.05, 4.69) is 15.6 Å². The number of aliphatic imine (C=N–C) groups is 1. The quantitative estimate of drug-likeness (QED) is 0.0906. The molecule has 0 saturated heterocycles. The number of likely N-dealkylation sites (N-methyl/N-ethyl adjacent to an activating group) is 1. The molecule has 0 aliphatic carbocycles. The van der Waals surface area contributed by atoms with E-state index in [1.54, 1.807) is 20.8 Å². The minimum Gasteiger partial charge on any atom is -0.481 e. The molecule has 0 aliphatic rings. The second kappa shape index (κ2) is 15.4. The molecular formula is C20H36N6O7. The maximum absolute atomic E-state index is 12.4. The molecule has 0 aromatic rings. The van der Waals surface area contributed by atoms with Gasteiger partial charge in [-0.05, 0) is 25.7 Å². The highest BCUT2D eigenvalue weighted by Crippen LogP contribution is 2.06. The first-order valence-electron chi connectivity index (χ1n) is 10.8. The van der Waals surface area contributed by atoms with E-state index in [1.807, 2.05) is 0 Å². The summed E-state index contributed by atoms with van der Waals surface area (Å²) in [4.78, 5) is 64.8. The van der Waals surface area contributed by atoms with Crippen molar-refractivity contribution in [1.29, 1.82) is 0 Å². The molecule has 0 radical (unpaired) electrons. The number of carboxylic acids is 2. The minimum absolute atomic E-state index is 0.00631. The minimum atomic E-state index is -1.49. The molecule has 0 spiro atoms. The van der Waals surface area contributed by atoms with Gasteiger partial charge in [-0.1, -0.05) is 20.3 Å². The second-order valence-corrected chi connectivity index (χ2v) is 7.81. The van der Waals surface area contributed by atoms with Crippen LogP contribution in [0.2, 0.25) is 0 Å². The molecule has 2 atom stereocenters. The van der Waals surface area contributed by atoms with Crippen molar-refractivity contribution in [2.75, 3.05) is 19.6 Å². The number of nitrogens with two attached hydrogens (primary N) is 2. The molecule has 0 rings (SSSR count). The van der Waals surface area contributed by atoms with Crippen molar-refractivity contribution in [2.45, 2.75) is 65.0 Å².